The molecule has 0 aliphatic rings. The second-order valence-corrected chi connectivity index (χ2v) is 6.07. The Bertz CT molecular complexity index is 306. The van der Waals surface area contributed by atoms with Crippen LogP contribution >= 0.6 is 0 Å². The van der Waals surface area contributed by atoms with Gasteiger partial charge < -0.3 is 17.0 Å². The van der Waals surface area contributed by atoms with Gasteiger partial charge in [-0.15, -0.1) is 0 Å². The maximum Gasteiger partial charge on any atom is 0.159 e. The summed E-state index contributed by atoms with van der Waals surface area (Å²) in [5, 5.41) is 0. The molecule has 0 radical (unpaired) electrons. The van der Waals surface area contributed by atoms with Gasteiger partial charge in [0.05, 0.1) is 12.5 Å². The van der Waals surface area contributed by atoms with Gasteiger partial charge >= 0.3 is 0 Å². The van der Waals surface area contributed by atoms with E-state index in [9.17, 15) is 4.79 Å². The van der Waals surface area contributed by atoms with Gasteiger partial charge in [0.25, 0.3) is 0 Å². The van der Waals surface area contributed by atoms with E-state index in [2.05, 4.69) is 24.6 Å². The fraction of sp³-hybridized carbons (Fsp3) is 0.417. The largest absolute Gasteiger partial charge is 1.00 e. The predicted octanol–water partition coefficient (Wildman–Crippen LogP) is -0.686. The molecule has 0 saturated heterocycles. The lowest BCUT2D eigenvalue weighted by Crippen LogP contribution is -3.00. The number of aryl methyl sites for hydroxylation is 1. The van der Waals surface area contributed by atoms with Gasteiger partial charge in [0, 0.05) is 12.0 Å². The van der Waals surface area contributed by atoms with Crippen LogP contribution in [0.4, 0.5) is 0 Å². The predicted molar refractivity (Wildman–Crippen MR) is 64.2 cm³/mol. The van der Waals surface area contributed by atoms with Gasteiger partial charge in [-0.05, 0) is 23.4 Å². The van der Waals surface area contributed by atoms with E-state index in [4.69, 9.17) is 0 Å². The summed E-state index contributed by atoms with van der Waals surface area (Å²) >= 11 is 0. The van der Waals surface area contributed by atoms with Crippen LogP contribution in [-0.4, -0.2) is 24.0 Å². The van der Waals surface area contributed by atoms with Crippen LogP contribution in [0, 0.1) is 0 Å². The number of Topliss-reactive ketones (excluding diaryl/α,β-unsaturated/α-hetero) is 1. The molecule has 0 heterocycles. The number of hydrogen-bond donors (Lipinski definition) is 0. The summed E-state index contributed by atoms with van der Waals surface area (Å²) in [4.78, 5) is 11.0. The Hall–Kier alpha value is -0.280. The van der Waals surface area contributed by atoms with Crippen LogP contribution in [0.5, 0.6) is 0 Å². The number of benzene rings is 1. The number of hydrogen-bond acceptors (Lipinski definition) is 1. The molecule has 0 unspecified atom stereocenters. The van der Waals surface area contributed by atoms with Crippen molar-refractivity contribution in [3.63, 3.8) is 0 Å². The first kappa shape index (κ1) is 14.7. The number of halogens is 1. The molecule has 84 valence electrons. The summed E-state index contributed by atoms with van der Waals surface area (Å²) in [6.07, 6.45) is 5.63. The van der Waals surface area contributed by atoms with E-state index >= 15 is 0 Å². The third kappa shape index (κ3) is 5.38. The first-order chi connectivity index (χ1) is 6.59. The van der Waals surface area contributed by atoms with Crippen LogP contribution in [0.2, 0.25) is 0 Å². The van der Waals surface area contributed by atoms with Crippen LogP contribution < -0.4 is 17.0 Å². The van der Waals surface area contributed by atoms with Gasteiger partial charge in [-0.1, -0.05) is 24.3 Å². The standard InChI is InChI=1S/C12H17OS.BrH/c1-10(13)12-6-4-11(5-7-12)8-9-14(2)3;/h4-7H,8-9H2,1-3H3;1H/q+1;/p-1. The fourth-order valence-electron chi connectivity index (χ4n) is 1.23. The molecule has 0 aliphatic carbocycles. The summed E-state index contributed by atoms with van der Waals surface area (Å²) in [5.41, 5.74) is 2.14. The minimum Gasteiger partial charge on any atom is -1.00 e. The van der Waals surface area contributed by atoms with E-state index in [0.717, 1.165) is 12.0 Å². The molecule has 1 aromatic rings. The summed E-state index contributed by atoms with van der Waals surface area (Å²) < 4.78 is 0. The zero-order chi connectivity index (χ0) is 10.6. The highest BCUT2D eigenvalue weighted by Gasteiger charge is 2.03. The summed E-state index contributed by atoms with van der Waals surface area (Å²) in [7, 11) is 0.503. The normalized spacial score (nSPS) is 9.87. The molecule has 0 bridgehead atoms. The minimum absolute atomic E-state index is 0. The number of carbonyl (C=O) groups is 1. The highest BCUT2D eigenvalue weighted by molar-refractivity contribution is 7.95. The second-order valence-electron chi connectivity index (χ2n) is 3.69. The Morgan fingerprint density at radius 2 is 1.73 bits per heavy atom. The minimum atomic E-state index is 0. The molecular weight excluding hydrogens is 272 g/mol. The molecule has 0 aliphatic heterocycles. The van der Waals surface area contributed by atoms with Gasteiger partial charge in [-0.25, -0.2) is 0 Å². The van der Waals surface area contributed by atoms with E-state index in [1.54, 1.807) is 6.92 Å². The highest BCUT2D eigenvalue weighted by atomic mass is 79.9. The van der Waals surface area contributed by atoms with Crippen LogP contribution in [0.15, 0.2) is 24.3 Å². The van der Waals surface area contributed by atoms with Crippen molar-refractivity contribution in [2.45, 2.75) is 13.3 Å². The molecule has 1 nitrogen and oxygen atoms in total. The van der Waals surface area contributed by atoms with E-state index in [0.29, 0.717) is 10.9 Å². The van der Waals surface area contributed by atoms with Crippen molar-refractivity contribution in [1.29, 1.82) is 0 Å². The topological polar surface area (TPSA) is 17.1 Å². The summed E-state index contributed by atoms with van der Waals surface area (Å²) in [6.45, 7) is 1.60. The van der Waals surface area contributed by atoms with Gasteiger partial charge in [0.1, 0.15) is 5.75 Å². The fourth-order valence-corrected chi connectivity index (χ4v) is 1.87. The lowest BCUT2D eigenvalue weighted by Gasteiger charge is -2.00. The summed E-state index contributed by atoms with van der Waals surface area (Å²) in [5.74, 6) is 1.38. The first-order valence-electron chi connectivity index (χ1n) is 4.73. The zero-order valence-corrected chi connectivity index (χ0v) is 11.8. The summed E-state index contributed by atoms with van der Waals surface area (Å²) in [6, 6.07) is 7.95. The van der Waals surface area contributed by atoms with Crippen LogP contribution in [0.25, 0.3) is 0 Å². The van der Waals surface area contributed by atoms with Crippen molar-refractivity contribution in [3.8, 4) is 0 Å². The van der Waals surface area contributed by atoms with Crippen molar-refractivity contribution in [2.75, 3.05) is 18.3 Å². The molecule has 15 heavy (non-hydrogen) atoms. The van der Waals surface area contributed by atoms with E-state index in [1.165, 1.54) is 11.3 Å². The Morgan fingerprint density at radius 1 is 1.20 bits per heavy atom. The smallest absolute Gasteiger partial charge is 0.159 e. The van der Waals surface area contributed by atoms with Crippen molar-refractivity contribution in [1.82, 2.24) is 0 Å². The van der Waals surface area contributed by atoms with Crippen LogP contribution in [-0.2, 0) is 17.3 Å². The maximum absolute atomic E-state index is 11.0. The molecule has 0 atom stereocenters. The van der Waals surface area contributed by atoms with Crippen molar-refractivity contribution >= 4 is 16.7 Å². The Morgan fingerprint density at radius 3 is 2.13 bits per heavy atom. The van der Waals surface area contributed by atoms with Gasteiger partial charge in [0.15, 0.2) is 5.78 Å². The van der Waals surface area contributed by atoms with E-state index < -0.39 is 0 Å². The average Bonchev–Trinajstić information content (AvgIpc) is 2.15. The van der Waals surface area contributed by atoms with Gasteiger partial charge in [-0.2, -0.15) is 0 Å². The molecule has 1 rings (SSSR count). The van der Waals surface area contributed by atoms with E-state index in [1.807, 2.05) is 12.1 Å². The Kier molecular flexibility index (Phi) is 6.94. The van der Waals surface area contributed by atoms with Gasteiger partial charge in [-0.3, -0.25) is 4.79 Å². The molecule has 0 aromatic heterocycles. The van der Waals surface area contributed by atoms with Gasteiger partial charge in [0.2, 0.25) is 0 Å². The molecule has 0 saturated carbocycles. The lowest BCUT2D eigenvalue weighted by molar-refractivity contribution is -0.0000111. The lowest BCUT2D eigenvalue weighted by atomic mass is 10.1. The second kappa shape index (κ2) is 7.07. The van der Waals surface area contributed by atoms with E-state index in [-0.39, 0.29) is 22.8 Å². The third-order valence-electron chi connectivity index (χ3n) is 2.16. The molecule has 0 fully saturated rings. The zero-order valence-electron chi connectivity index (χ0n) is 9.42. The number of rotatable bonds is 4. The van der Waals surface area contributed by atoms with Crippen LogP contribution in [0.1, 0.15) is 22.8 Å². The van der Waals surface area contributed by atoms with Crippen LogP contribution in [0.3, 0.4) is 0 Å². The Balaban J connectivity index is 0.00000196. The molecule has 0 spiro atoms. The quantitative estimate of drug-likeness (QED) is 0.530. The van der Waals surface area contributed by atoms with Crippen molar-refractivity contribution in [2.24, 2.45) is 0 Å². The molecule has 0 amide bonds. The van der Waals surface area contributed by atoms with Crippen molar-refractivity contribution in [3.05, 3.63) is 35.4 Å². The highest BCUT2D eigenvalue weighted by Crippen LogP contribution is 2.06. The molecule has 3 heteroatoms. The monoisotopic (exact) mass is 288 g/mol. The number of carbonyl (C=O) groups excluding carboxylic acids is 1. The maximum atomic E-state index is 11.0. The molecule has 0 N–H and O–H groups in total. The third-order valence-corrected chi connectivity index (χ3v) is 3.18. The Labute approximate surface area is 105 Å². The molecular formula is C12H17BrOS. The molecule has 1 aromatic carbocycles. The average molecular weight is 289 g/mol. The SMILES string of the molecule is CC(=O)c1ccc(CC[S+](C)C)cc1.[Br-]. The number of ketones is 1. The van der Waals surface area contributed by atoms with Crippen molar-refractivity contribution < 1.29 is 21.8 Å². The first-order valence-corrected chi connectivity index (χ1v) is 6.94.